The Kier molecular flexibility index (Phi) is 3.83. The van der Waals surface area contributed by atoms with E-state index in [0.29, 0.717) is 12.2 Å². The molecular weight excluding hydrogens is 302 g/mol. The van der Waals surface area contributed by atoms with Gasteiger partial charge in [-0.05, 0) is 42.8 Å². The van der Waals surface area contributed by atoms with Crippen molar-refractivity contribution in [2.75, 3.05) is 24.6 Å². The van der Waals surface area contributed by atoms with Gasteiger partial charge in [-0.1, -0.05) is 0 Å². The van der Waals surface area contributed by atoms with Gasteiger partial charge in [-0.15, -0.1) is 0 Å². The van der Waals surface area contributed by atoms with Gasteiger partial charge in [0.2, 0.25) is 0 Å². The van der Waals surface area contributed by atoms with Crippen molar-refractivity contribution in [2.45, 2.75) is 24.5 Å². The Morgan fingerprint density at radius 2 is 2.17 bits per heavy atom. The van der Waals surface area contributed by atoms with E-state index >= 15 is 0 Å². The van der Waals surface area contributed by atoms with Crippen molar-refractivity contribution in [1.29, 1.82) is 5.26 Å². The molecule has 2 aliphatic heterocycles. The highest BCUT2D eigenvalue weighted by molar-refractivity contribution is 5.51. The van der Waals surface area contributed by atoms with Crippen LogP contribution in [0, 0.1) is 11.3 Å². The maximum Gasteiger partial charge on any atom is 0.138 e. The van der Waals surface area contributed by atoms with E-state index in [0.717, 1.165) is 37.4 Å². The van der Waals surface area contributed by atoms with Crippen LogP contribution in [0.25, 0.3) is 0 Å². The third kappa shape index (κ3) is 2.93. The fourth-order valence-corrected chi connectivity index (χ4v) is 3.58. The van der Waals surface area contributed by atoms with E-state index in [2.05, 4.69) is 16.0 Å². The van der Waals surface area contributed by atoms with E-state index in [1.807, 2.05) is 36.4 Å². The molecule has 5 heteroatoms. The third-order valence-corrected chi connectivity index (χ3v) is 4.79. The number of nitrogens with zero attached hydrogens (tertiary/aromatic N) is 3. The lowest BCUT2D eigenvalue weighted by Crippen LogP contribution is -2.33. The SMILES string of the molecule is N#Cc1ccc(N2CC[C@]3(C[C@@H](Oc4cccnc4)CO3)C2)cc1. The lowest BCUT2D eigenvalue weighted by Gasteiger charge is -2.24. The van der Waals surface area contributed by atoms with Crippen LogP contribution in [0.5, 0.6) is 5.75 Å². The zero-order valence-electron chi connectivity index (χ0n) is 13.4. The minimum absolute atomic E-state index is 0.0788. The van der Waals surface area contributed by atoms with Gasteiger partial charge in [0.1, 0.15) is 11.9 Å². The minimum atomic E-state index is -0.124. The van der Waals surface area contributed by atoms with Gasteiger partial charge in [-0.3, -0.25) is 4.98 Å². The average molecular weight is 321 g/mol. The van der Waals surface area contributed by atoms with E-state index in [-0.39, 0.29) is 11.7 Å². The Morgan fingerprint density at radius 3 is 2.92 bits per heavy atom. The van der Waals surface area contributed by atoms with E-state index < -0.39 is 0 Å². The van der Waals surface area contributed by atoms with Gasteiger partial charge in [0.05, 0.1) is 30.0 Å². The fraction of sp³-hybridized carbons (Fsp3) is 0.368. The van der Waals surface area contributed by atoms with Crippen LogP contribution in [0.3, 0.4) is 0 Å². The van der Waals surface area contributed by atoms with Crippen LogP contribution < -0.4 is 9.64 Å². The van der Waals surface area contributed by atoms with E-state index in [1.165, 1.54) is 0 Å². The summed E-state index contributed by atoms with van der Waals surface area (Å²) in [7, 11) is 0. The highest BCUT2D eigenvalue weighted by Crippen LogP contribution is 2.38. The molecule has 4 rings (SSSR count). The molecule has 2 atom stereocenters. The summed E-state index contributed by atoms with van der Waals surface area (Å²) in [5, 5.41) is 8.91. The highest BCUT2D eigenvalue weighted by atomic mass is 16.6. The molecule has 3 heterocycles. The second-order valence-corrected chi connectivity index (χ2v) is 6.46. The fourth-order valence-electron chi connectivity index (χ4n) is 3.58. The lowest BCUT2D eigenvalue weighted by molar-refractivity contribution is 0.0195. The molecule has 0 radical (unpaired) electrons. The molecule has 0 saturated carbocycles. The normalized spacial score (nSPS) is 25.8. The van der Waals surface area contributed by atoms with Crippen LogP contribution in [-0.4, -0.2) is 36.4 Å². The van der Waals surface area contributed by atoms with Crippen molar-refractivity contribution in [1.82, 2.24) is 4.98 Å². The molecule has 0 N–H and O–H groups in total. The summed E-state index contributed by atoms with van der Waals surface area (Å²) in [6, 6.07) is 13.7. The molecule has 2 fully saturated rings. The van der Waals surface area contributed by atoms with Crippen molar-refractivity contribution in [3.8, 4) is 11.8 Å². The summed E-state index contributed by atoms with van der Waals surface area (Å²) in [6.45, 7) is 2.45. The maximum atomic E-state index is 8.91. The third-order valence-electron chi connectivity index (χ3n) is 4.79. The molecular formula is C19H19N3O2. The first-order valence-corrected chi connectivity index (χ1v) is 8.22. The predicted octanol–water partition coefficient (Wildman–Crippen LogP) is 2.77. The molecule has 1 aromatic carbocycles. The standard InChI is InChI=1S/C19H19N3O2/c20-11-15-3-5-16(6-4-15)22-9-7-19(14-22)10-18(13-23-19)24-17-2-1-8-21-12-17/h1-6,8,12,18H,7,9-10,13-14H2/t18-,19+/m1/s1. The van der Waals surface area contributed by atoms with Crippen molar-refractivity contribution in [2.24, 2.45) is 0 Å². The van der Waals surface area contributed by atoms with Crippen LogP contribution in [0.4, 0.5) is 5.69 Å². The van der Waals surface area contributed by atoms with Crippen LogP contribution in [0.2, 0.25) is 0 Å². The summed E-state index contributed by atoms with van der Waals surface area (Å²) in [5.41, 5.74) is 1.71. The van der Waals surface area contributed by atoms with Crippen LogP contribution >= 0.6 is 0 Å². The molecule has 24 heavy (non-hydrogen) atoms. The maximum absolute atomic E-state index is 8.91. The Bertz CT molecular complexity index is 741. The number of hydrogen-bond donors (Lipinski definition) is 0. The molecule has 0 amide bonds. The molecule has 1 spiro atoms. The summed E-state index contributed by atoms with van der Waals surface area (Å²) >= 11 is 0. The molecule has 1 aromatic heterocycles. The minimum Gasteiger partial charge on any atom is -0.486 e. The van der Waals surface area contributed by atoms with Gasteiger partial charge in [-0.2, -0.15) is 5.26 Å². The molecule has 2 aromatic rings. The summed E-state index contributed by atoms with van der Waals surface area (Å²) in [4.78, 5) is 6.41. The van der Waals surface area contributed by atoms with Gasteiger partial charge >= 0.3 is 0 Å². The van der Waals surface area contributed by atoms with Crippen LogP contribution in [0.1, 0.15) is 18.4 Å². The second-order valence-electron chi connectivity index (χ2n) is 6.46. The number of pyridine rings is 1. The van der Waals surface area contributed by atoms with Gasteiger partial charge in [0.25, 0.3) is 0 Å². The van der Waals surface area contributed by atoms with Crippen LogP contribution in [-0.2, 0) is 4.74 Å². The Hall–Kier alpha value is -2.58. The first-order valence-electron chi connectivity index (χ1n) is 8.22. The van der Waals surface area contributed by atoms with Crippen molar-refractivity contribution < 1.29 is 9.47 Å². The van der Waals surface area contributed by atoms with Gasteiger partial charge in [0, 0.05) is 31.4 Å². The van der Waals surface area contributed by atoms with E-state index in [9.17, 15) is 0 Å². The number of nitriles is 1. The van der Waals surface area contributed by atoms with Crippen molar-refractivity contribution in [3.63, 3.8) is 0 Å². The second kappa shape index (κ2) is 6.14. The van der Waals surface area contributed by atoms with Gasteiger partial charge in [0.15, 0.2) is 0 Å². The predicted molar refractivity (Wildman–Crippen MR) is 89.9 cm³/mol. The topological polar surface area (TPSA) is 58.4 Å². The number of rotatable bonds is 3. The Labute approximate surface area is 141 Å². The quantitative estimate of drug-likeness (QED) is 0.870. The molecule has 0 aliphatic carbocycles. The zero-order valence-corrected chi connectivity index (χ0v) is 13.4. The molecule has 2 aliphatic rings. The number of hydrogen-bond acceptors (Lipinski definition) is 5. The summed E-state index contributed by atoms with van der Waals surface area (Å²) in [6.07, 6.45) is 5.46. The molecule has 2 saturated heterocycles. The van der Waals surface area contributed by atoms with Crippen molar-refractivity contribution in [3.05, 3.63) is 54.4 Å². The first kappa shape index (κ1) is 15.0. The zero-order chi connectivity index (χ0) is 16.4. The van der Waals surface area contributed by atoms with Gasteiger partial charge < -0.3 is 14.4 Å². The summed E-state index contributed by atoms with van der Waals surface area (Å²) in [5.74, 6) is 0.796. The molecule has 0 bridgehead atoms. The van der Waals surface area contributed by atoms with Crippen molar-refractivity contribution >= 4 is 5.69 Å². The number of ether oxygens (including phenoxy) is 2. The Balaban J connectivity index is 1.40. The first-order chi connectivity index (χ1) is 11.8. The average Bonchev–Trinajstić information content (AvgIpc) is 3.23. The smallest absolute Gasteiger partial charge is 0.138 e. The van der Waals surface area contributed by atoms with E-state index in [4.69, 9.17) is 14.7 Å². The Morgan fingerprint density at radius 1 is 1.29 bits per heavy atom. The lowest BCUT2D eigenvalue weighted by atomic mass is 9.98. The van der Waals surface area contributed by atoms with Gasteiger partial charge in [-0.25, -0.2) is 0 Å². The largest absolute Gasteiger partial charge is 0.486 e. The number of anilines is 1. The van der Waals surface area contributed by atoms with E-state index in [1.54, 1.807) is 12.4 Å². The summed E-state index contributed by atoms with van der Waals surface area (Å²) < 4.78 is 12.1. The molecule has 0 unspecified atom stereocenters. The highest BCUT2D eigenvalue weighted by Gasteiger charge is 2.46. The monoisotopic (exact) mass is 321 g/mol. The van der Waals surface area contributed by atoms with Crippen LogP contribution in [0.15, 0.2) is 48.8 Å². The number of aromatic nitrogens is 1. The number of benzene rings is 1. The molecule has 122 valence electrons. The molecule has 5 nitrogen and oxygen atoms in total.